The molecule has 0 unspecified atom stereocenters. The largest absolute Gasteiger partial charge is 0.418 e. The molecule has 1 aromatic carbocycles. The number of aryl methyl sites for hydroxylation is 2. The lowest BCUT2D eigenvalue weighted by Gasteiger charge is -2.32. The van der Waals surface area contributed by atoms with Gasteiger partial charge in [-0.3, -0.25) is 0 Å². The van der Waals surface area contributed by atoms with Crippen LogP contribution in [0, 0.1) is 13.8 Å². The highest BCUT2D eigenvalue weighted by Crippen LogP contribution is 2.36. The number of rotatable bonds is 4. The van der Waals surface area contributed by atoms with Crippen LogP contribution >= 0.6 is 11.3 Å². The Bertz CT molecular complexity index is 1040. The Morgan fingerprint density at radius 3 is 2.63 bits per heavy atom. The van der Waals surface area contributed by atoms with Gasteiger partial charge in [0, 0.05) is 6.54 Å². The van der Waals surface area contributed by atoms with E-state index in [0.29, 0.717) is 24.7 Å². The minimum atomic E-state index is -3.63. The highest BCUT2D eigenvalue weighted by molar-refractivity contribution is 7.89. The van der Waals surface area contributed by atoms with E-state index in [9.17, 15) is 8.42 Å². The summed E-state index contributed by atoms with van der Waals surface area (Å²) in [6.07, 6.45) is 2.40. The van der Waals surface area contributed by atoms with Crippen LogP contribution in [0.5, 0.6) is 0 Å². The summed E-state index contributed by atoms with van der Waals surface area (Å²) >= 11 is 1.43. The first-order valence-corrected chi connectivity index (χ1v) is 11.1. The van der Waals surface area contributed by atoms with E-state index in [1.54, 1.807) is 17.6 Å². The van der Waals surface area contributed by atoms with Crippen molar-refractivity contribution in [2.24, 2.45) is 0 Å². The lowest BCUT2D eigenvalue weighted by atomic mass is 10.1. The molecule has 0 N–H and O–H groups in total. The minimum Gasteiger partial charge on any atom is -0.418 e. The number of nitrogens with zero attached hydrogens (tertiary/aromatic N) is 4. The zero-order chi connectivity index (χ0) is 19.0. The fourth-order valence-corrected chi connectivity index (χ4v) is 5.63. The minimum absolute atomic E-state index is 0.290. The second kappa shape index (κ2) is 7.14. The Morgan fingerprint density at radius 1 is 1.15 bits per heavy atom. The Morgan fingerprint density at radius 2 is 1.93 bits per heavy atom. The van der Waals surface area contributed by atoms with E-state index in [0.717, 1.165) is 29.0 Å². The number of benzene rings is 1. The lowest BCUT2D eigenvalue weighted by molar-refractivity contribution is 0.220. The molecule has 1 fully saturated rings. The van der Waals surface area contributed by atoms with Crippen LogP contribution in [-0.4, -0.2) is 34.4 Å². The van der Waals surface area contributed by atoms with E-state index in [1.807, 2.05) is 26.0 Å². The number of thiazole rings is 1. The molecule has 3 heterocycles. The monoisotopic (exact) mass is 404 g/mol. The SMILES string of the molecule is Cc1ccc(S(=O)(=O)N2CCCC[C@@H]2c2nnc(-c3scnc3C)o2)cc1. The average molecular weight is 405 g/mol. The van der Waals surface area contributed by atoms with Crippen molar-refractivity contribution in [2.45, 2.75) is 44.0 Å². The molecule has 2 aromatic heterocycles. The smallest absolute Gasteiger partial charge is 0.259 e. The maximum absolute atomic E-state index is 13.2. The molecule has 7 nitrogen and oxygen atoms in total. The first kappa shape index (κ1) is 18.3. The van der Waals surface area contributed by atoms with Crippen LogP contribution in [0.3, 0.4) is 0 Å². The van der Waals surface area contributed by atoms with Gasteiger partial charge in [-0.1, -0.05) is 24.1 Å². The highest BCUT2D eigenvalue weighted by atomic mass is 32.2. The summed E-state index contributed by atoms with van der Waals surface area (Å²) in [6, 6.07) is 6.47. The molecule has 0 aliphatic carbocycles. The molecular formula is C18H20N4O3S2. The summed E-state index contributed by atoms with van der Waals surface area (Å²) in [6.45, 7) is 4.25. The zero-order valence-corrected chi connectivity index (χ0v) is 16.8. The van der Waals surface area contributed by atoms with Crippen molar-refractivity contribution in [1.29, 1.82) is 0 Å². The normalized spacial score (nSPS) is 18.7. The maximum Gasteiger partial charge on any atom is 0.259 e. The summed E-state index contributed by atoms with van der Waals surface area (Å²) < 4.78 is 33.8. The highest BCUT2D eigenvalue weighted by Gasteiger charge is 2.37. The summed E-state index contributed by atoms with van der Waals surface area (Å²) in [5.41, 5.74) is 3.57. The molecule has 142 valence electrons. The summed E-state index contributed by atoms with van der Waals surface area (Å²) in [5, 5.41) is 8.29. The van der Waals surface area contributed by atoms with Crippen LogP contribution < -0.4 is 0 Å². The average Bonchev–Trinajstić information content (AvgIpc) is 3.31. The van der Waals surface area contributed by atoms with Crippen LogP contribution in [0.25, 0.3) is 10.8 Å². The van der Waals surface area contributed by atoms with Gasteiger partial charge in [-0.25, -0.2) is 13.4 Å². The van der Waals surface area contributed by atoms with Crippen LogP contribution in [-0.2, 0) is 10.0 Å². The van der Waals surface area contributed by atoms with Crippen molar-refractivity contribution in [2.75, 3.05) is 6.54 Å². The van der Waals surface area contributed by atoms with Gasteiger partial charge in [0.1, 0.15) is 10.9 Å². The molecule has 0 saturated carbocycles. The third-order valence-electron chi connectivity index (χ3n) is 4.75. The van der Waals surface area contributed by atoms with Crippen molar-refractivity contribution in [3.8, 4) is 10.8 Å². The number of aromatic nitrogens is 3. The predicted octanol–water partition coefficient (Wildman–Crippen LogP) is 3.73. The number of hydrogen-bond donors (Lipinski definition) is 0. The van der Waals surface area contributed by atoms with E-state index in [1.165, 1.54) is 15.6 Å². The van der Waals surface area contributed by atoms with Gasteiger partial charge in [0.25, 0.3) is 5.89 Å². The third kappa shape index (κ3) is 3.42. The second-order valence-electron chi connectivity index (χ2n) is 6.65. The van der Waals surface area contributed by atoms with Gasteiger partial charge >= 0.3 is 0 Å². The van der Waals surface area contributed by atoms with Crippen molar-refractivity contribution in [3.05, 3.63) is 46.9 Å². The molecule has 1 aliphatic heterocycles. The zero-order valence-electron chi connectivity index (χ0n) is 15.1. The summed E-state index contributed by atoms with van der Waals surface area (Å²) in [4.78, 5) is 5.31. The molecular weight excluding hydrogens is 384 g/mol. The van der Waals surface area contributed by atoms with Gasteiger partial charge in [-0.2, -0.15) is 4.31 Å². The number of piperidine rings is 1. The van der Waals surface area contributed by atoms with Crippen molar-refractivity contribution in [3.63, 3.8) is 0 Å². The second-order valence-corrected chi connectivity index (χ2v) is 9.40. The third-order valence-corrected chi connectivity index (χ3v) is 7.59. The standard InChI is InChI=1S/C18H20N4O3S2/c1-12-6-8-14(9-7-12)27(23,24)22-10-4-3-5-15(22)17-20-21-18(25-17)16-13(2)19-11-26-16/h6-9,11,15H,3-5,10H2,1-2H3/t15-/m1/s1. The molecule has 3 aromatic rings. The first-order chi connectivity index (χ1) is 13.0. The van der Waals surface area contributed by atoms with Gasteiger partial charge in [0.05, 0.1) is 16.1 Å². The first-order valence-electron chi connectivity index (χ1n) is 8.79. The molecule has 0 amide bonds. The van der Waals surface area contributed by atoms with Crippen molar-refractivity contribution < 1.29 is 12.8 Å². The van der Waals surface area contributed by atoms with Gasteiger partial charge < -0.3 is 4.42 Å². The van der Waals surface area contributed by atoms with E-state index >= 15 is 0 Å². The van der Waals surface area contributed by atoms with Crippen LogP contribution in [0.1, 0.15) is 42.5 Å². The number of hydrogen-bond acceptors (Lipinski definition) is 7. The van der Waals surface area contributed by atoms with E-state index in [2.05, 4.69) is 15.2 Å². The maximum atomic E-state index is 13.2. The molecule has 0 bridgehead atoms. The lowest BCUT2D eigenvalue weighted by Crippen LogP contribution is -2.38. The molecule has 1 saturated heterocycles. The Balaban J connectivity index is 1.68. The van der Waals surface area contributed by atoms with Crippen molar-refractivity contribution >= 4 is 21.4 Å². The fourth-order valence-electron chi connectivity index (χ4n) is 3.25. The molecule has 9 heteroatoms. The van der Waals surface area contributed by atoms with Crippen LogP contribution in [0.4, 0.5) is 0 Å². The predicted molar refractivity (Wildman–Crippen MR) is 102 cm³/mol. The molecule has 0 spiro atoms. The Kier molecular flexibility index (Phi) is 4.83. The topological polar surface area (TPSA) is 89.2 Å². The summed E-state index contributed by atoms with van der Waals surface area (Å²) in [7, 11) is -3.63. The quantitative estimate of drug-likeness (QED) is 0.658. The molecule has 4 rings (SSSR count). The van der Waals surface area contributed by atoms with E-state index < -0.39 is 16.1 Å². The van der Waals surface area contributed by atoms with Gasteiger partial charge in [-0.05, 0) is 38.8 Å². The Labute approximate surface area is 162 Å². The van der Waals surface area contributed by atoms with Crippen LogP contribution in [0.15, 0.2) is 39.1 Å². The van der Waals surface area contributed by atoms with E-state index in [4.69, 9.17) is 4.42 Å². The van der Waals surface area contributed by atoms with Gasteiger partial charge in [0.2, 0.25) is 15.9 Å². The number of sulfonamides is 1. The fraction of sp³-hybridized carbons (Fsp3) is 0.389. The van der Waals surface area contributed by atoms with Crippen LogP contribution in [0.2, 0.25) is 0 Å². The molecule has 1 aliphatic rings. The molecule has 0 radical (unpaired) electrons. The Hall–Kier alpha value is -2.10. The van der Waals surface area contributed by atoms with Gasteiger partial charge in [-0.15, -0.1) is 21.5 Å². The van der Waals surface area contributed by atoms with Crippen molar-refractivity contribution in [1.82, 2.24) is 19.5 Å². The molecule has 27 heavy (non-hydrogen) atoms. The van der Waals surface area contributed by atoms with Gasteiger partial charge in [0.15, 0.2) is 0 Å². The molecule has 1 atom stereocenters. The van der Waals surface area contributed by atoms with E-state index in [-0.39, 0.29) is 4.90 Å². The summed E-state index contributed by atoms with van der Waals surface area (Å²) in [5.74, 6) is 0.733.